The van der Waals surface area contributed by atoms with Crippen LogP contribution in [0.3, 0.4) is 0 Å². The van der Waals surface area contributed by atoms with Crippen molar-refractivity contribution in [2.45, 2.75) is 5.25 Å². The lowest BCUT2D eigenvalue weighted by Crippen LogP contribution is -2.20. The molecule has 0 saturated carbocycles. The molecule has 0 aromatic heterocycles. The molecule has 14 heavy (non-hydrogen) atoms. The molecule has 0 radical (unpaired) electrons. The van der Waals surface area contributed by atoms with Gasteiger partial charge in [0.1, 0.15) is 19.3 Å². The van der Waals surface area contributed by atoms with Crippen LogP contribution in [0.15, 0.2) is 30.3 Å². The zero-order chi connectivity index (χ0) is 10.6. The van der Waals surface area contributed by atoms with Crippen LogP contribution >= 0.6 is 12.6 Å². The first-order valence-corrected chi connectivity index (χ1v) is 4.91. The Kier molecular flexibility index (Phi) is 3.89. The van der Waals surface area contributed by atoms with E-state index in [4.69, 9.17) is 0 Å². The highest BCUT2D eigenvalue weighted by molar-refractivity contribution is 7.82. The van der Waals surface area contributed by atoms with Gasteiger partial charge in [0.25, 0.3) is 0 Å². The van der Waals surface area contributed by atoms with Gasteiger partial charge in [-0.2, -0.15) is 12.6 Å². The van der Waals surface area contributed by atoms with Gasteiger partial charge in [-0.1, -0.05) is 30.3 Å². The lowest BCUT2D eigenvalue weighted by atomic mass is 10.1. The van der Waals surface area contributed by atoms with E-state index in [0.717, 1.165) is 0 Å². The minimum absolute atomic E-state index is 0.0302. The minimum atomic E-state index is -0.368. The second-order valence-electron chi connectivity index (χ2n) is 3.29. The van der Waals surface area contributed by atoms with Crippen molar-refractivity contribution in [1.29, 1.82) is 0 Å². The van der Waals surface area contributed by atoms with E-state index in [1.165, 1.54) is 0 Å². The van der Waals surface area contributed by atoms with Crippen LogP contribution in [0.5, 0.6) is 0 Å². The summed E-state index contributed by atoms with van der Waals surface area (Å²) >= 11 is 4.23. The molecular formula is C11H14NOS+. The van der Waals surface area contributed by atoms with E-state index in [2.05, 4.69) is 12.6 Å². The van der Waals surface area contributed by atoms with Crippen molar-refractivity contribution < 1.29 is 9.37 Å². The summed E-state index contributed by atoms with van der Waals surface area (Å²) in [7, 11) is 3.75. The maximum absolute atomic E-state index is 11.7. The molecule has 1 rings (SSSR count). The number of carbonyl (C=O) groups excluding carboxylic acids is 1. The first kappa shape index (κ1) is 11.0. The first-order valence-electron chi connectivity index (χ1n) is 4.40. The molecular weight excluding hydrogens is 194 g/mol. The van der Waals surface area contributed by atoms with Gasteiger partial charge in [0.2, 0.25) is 0 Å². The van der Waals surface area contributed by atoms with E-state index in [1.807, 2.05) is 36.9 Å². The fourth-order valence-corrected chi connectivity index (χ4v) is 1.54. The van der Waals surface area contributed by atoms with Gasteiger partial charge in [0.15, 0.2) is 12.0 Å². The molecule has 2 nitrogen and oxygen atoms in total. The molecule has 0 bridgehead atoms. The Morgan fingerprint density at radius 2 is 1.93 bits per heavy atom. The Bertz CT molecular complexity index is 342. The third kappa shape index (κ3) is 3.00. The van der Waals surface area contributed by atoms with Crippen LogP contribution in [-0.4, -0.2) is 35.9 Å². The third-order valence-electron chi connectivity index (χ3n) is 1.77. The van der Waals surface area contributed by atoms with Crippen molar-refractivity contribution in [3.8, 4) is 0 Å². The average molecular weight is 208 g/mol. The summed E-state index contributed by atoms with van der Waals surface area (Å²) < 4.78 is 1.83. The van der Waals surface area contributed by atoms with Gasteiger partial charge in [0, 0.05) is 5.56 Å². The summed E-state index contributed by atoms with van der Waals surface area (Å²) in [6.45, 7) is 0. The van der Waals surface area contributed by atoms with Crippen LogP contribution < -0.4 is 0 Å². The highest BCUT2D eigenvalue weighted by atomic mass is 32.1. The molecule has 0 heterocycles. The van der Waals surface area contributed by atoms with E-state index in [-0.39, 0.29) is 11.0 Å². The number of Topliss-reactive ketones (excluding diaryl/α,β-unsaturated/α-hetero) is 1. The Labute approximate surface area is 89.7 Å². The molecule has 3 heteroatoms. The van der Waals surface area contributed by atoms with E-state index in [1.54, 1.807) is 18.3 Å². The Morgan fingerprint density at radius 1 is 1.36 bits per heavy atom. The van der Waals surface area contributed by atoms with Crippen LogP contribution in [0.1, 0.15) is 10.4 Å². The summed E-state index contributed by atoms with van der Waals surface area (Å²) in [5.41, 5.74) is 0.700. The van der Waals surface area contributed by atoms with Gasteiger partial charge in [0.05, 0.1) is 0 Å². The lowest BCUT2D eigenvalue weighted by molar-refractivity contribution is -0.460. The van der Waals surface area contributed by atoms with E-state index in [0.29, 0.717) is 5.56 Å². The van der Waals surface area contributed by atoms with Crippen molar-refractivity contribution in [3.05, 3.63) is 35.9 Å². The topological polar surface area (TPSA) is 20.1 Å². The van der Waals surface area contributed by atoms with Gasteiger partial charge in [-0.05, 0) is 0 Å². The van der Waals surface area contributed by atoms with Crippen molar-refractivity contribution >= 4 is 24.6 Å². The second-order valence-corrected chi connectivity index (χ2v) is 3.84. The zero-order valence-corrected chi connectivity index (χ0v) is 9.24. The summed E-state index contributed by atoms with van der Waals surface area (Å²) in [5.74, 6) is 0.0302. The van der Waals surface area contributed by atoms with Crippen LogP contribution in [-0.2, 0) is 0 Å². The van der Waals surface area contributed by atoms with E-state index in [9.17, 15) is 4.79 Å². The number of hydrogen-bond donors (Lipinski definition) is 1. The monoisotopic (exact) mass is 208 g/mol. The molecule has 0 aliphatic heterocycles. The van der Waals surface area contributed by atoms with Gasteiger partial charge in [-0.3, -0.25) is 4.79 Å². The summed E-state index contributed by atoms with van der Waals surface area (Å²) in [6, 6.07) is 9.19. The maximum Gasteiger partial charge on any atom is 0.185 e. The minimum Gasteiger partial charge on any atom is -0.292 e. The normalized spacial score (nSPS) is 11.9. The number of thiol groups is 1. The number of benzene rings is 1. The molecule has 1 aromatic rings. The van der Waals surface area contributed by atoms with Crippen molar-refractivity contribution in [2.24, 2.45) is 0 Å². The number of ketones is 1. The molecule has 0 N–H and O–H groups in total. The molecule has 1 aromatic carbocycles. The Balaban J connectivity index is 2.82. The molecule has 0 aliphatic carbocycles. The molecule has 1 unspecified atom stereocenters. The van der Waals surface area contributed by atoms with Crippen LogP contribution in [0.25, 0.3) is 0 Å². The van der Waals surface area contributed by atoms with Gasteiger partial charge < -0.3 is 0 Å². The fraction of sp³-hybridized carbons (Fsp3) is 0.273. The van der Waals surface area contributed by atoms with Gasteiger partial charge >= 0.3 is 0 Å². The van der Waals surface area contributed by atoms with E-state index < -0.39 is 0 Å². The molecule has 0 saturated heterocycles. The zero-order valence-electron chi connectivity index (χ0n) is 8.34. The summed E-state index contributed by atoms with van der Waals surface area (Å²) in [4.78, 5) is 11.7. The lowest BCUT2D eigenvalue weighted by Gasteiger charge is -2.02. The summed E-state index contributed by atoms with van der Waals surface area (Å²) in [6.07, 6.45) is 1.78. The maximum atomic E-state index is 11.7. The van der Waals surface area contributed by atoms with Crippen LogP contribution in [0.2, 0.25) is 0 Å². The summed E-state index contributed by atoms with van der Waals surface area (Å²) in [5, 5.41) is -0.368. The number of rotatable bonds is 3. The SMILES string of the molecule is C[N+](C)=CC(S)C(=O)c1ccccc1. The number of carbonyl (C=O) groups is 1. The Morgan fingerprint density at radius 3 is 2.43 bits per heavy atom. The van der Waals surface area contributed by atoms with Crippen molar-refractivity contribution in [1.82, 2.24) is 0 Å². The molecule has 0 aliphatic rings. The number of hydrogen-bond acceptors (Lipinski definition) is 2. The Hall–Kier alpha value is -1.09. The third-order valence-corrected chi connectivity index (χ3v) is 2.13. The van der Waals surface area contributed by atoms with Crippen LogP contribution in [0.4, 0.5) is 0 Å². The number of nitrogens with zero attached hydrogens (tertiary/aromatic N) is 1. The largest absolute Gasteiger partial charge is 0.292 e. The predicted molar refractivity (Wildman–Crippen MR) is 61.7 cm³/mol. The van der Waals surface area contributed by atoms with Crippen molar-refractivity contribution in [2.75, 3.05) is 14.1 Å². The predicted octanol–water partition coefficient (Wildman–Crippen LogP) is 1.51. The standard InChI is InChI=1S/C11H13NOS/c1-12(2)8-10(14)11(13)9-6-4-3-5-7-9/h3-8,10H,1-2H3/p+1. The van der Waals surface area contributed by atoms with E-state index >= 15 is 0 Å². The highest BCUT2D eigenvalue weighted by Crippen LogP contribution is 2.06. The average Bonchev–Trinajstić information content (AvgIpc) is 2.17. The van der Waals surface area contributed by atoms with Gasteiger partial charge in [-0.15, -0.1) is 0 Å². The molecule has 1 atom stereocenters. The molecule has 74 valence electrons. The molecule has 0 fully saturated rings. The highest BCUT2D eigenvalue weighted by Gasteiger charge is 2.16. The quantitative estimate of drug-likeness (QED) is 0.345. The smallest absolute Gasteiger partial charge is 0.185 e. The van der Waals surface area contributed by atoms with Gasteiger partial charge in [-0.25, -0.2) is 4.58 Å². The second kappa shape index (κ2) is 4.96. The van der Waals surface area contributed by atoms with Crippen molar-refractivity contribution in [3.63, 3.8) is 0 Å². The first-order chi connectivity index (χ1) is 6.61. The molecule has 0 amide bonds. The molecule has 0 spiro atoms. The fourth-order valence-electron chi connectivity index (χ4n) is 1.12. The van der Waals surface area contributed by atoms with Crippen LogP contribution in [0, 0.1) is 0 Å².